The molecule has 0 spiro atoms. The lowest BCUT2D eigenvalue weighted by Crippen LogP contribution is -2.11. The molecule has 168 valence electrons. The van der Waals surface area contributed by atoms with Gasteiger partial charge in [0.15, 0.2) is 17.5 Å². The molecule has 0 fully saturated rings. The third-order valence-electron chi connectivity index (χ3n) is 5.12. The molecule has 0 amide bonds. The van der Waals surface area contributed by atoms with Crippen LogP contribution in [0.4, 0.5) is 16.0 Å². The van der Waals surface area contributed by atoms with Gasteiger partial charge in [-0.25, -0.2) is 14.2 Å². The standard InChI is InChI=1S/C25H19FN6O2/c1-2-34-25(33)19-15-27-32(23-14-9-16-5-3-4-6-20(16)28-23)24(19)29-22-13-12-21(30-31-22)17-7-10-18(26)11-8-17/h3-15H,2H2,1H3,(H,29,31). The Hall–Kier alpha value is -4.66. The molecule has 0 aliphatic heterocycles. The molecular weight excluding hydrogens is 435 g/mol. The molecule has 0 aliphatic rings. The number of esters is 1. The smallest absolute Gasteiger partial charge is 0.343 e. The Balaban J connectivity index is 1.51. The number of benzene rings is 2. The first-order valence-corrected chi connectivity index (χ1v) is 10.6. The van der Waals surface area contributed by atoms with E-state index < -0.39 is 5.97 Å². The predicted molar refractivity (Wildman–Crippen MR) is 126 cm³/mol. The number of rotatable bonds is 6. The van der Waals surface area contributed by atoms with Gasteiger partial charge in [0, 0.05) is 10.9 Å². The molecule has 1 N–H and O–H groups in total. The van der Waals surface area contributed by atoms with Crippen LogP contribution in [-0.4, -0.2) is 37.5 Å². The molecule has 3 aromatic heterocycles. The molecule has 0 saturated heterocycles. The molecular formula is C25H19FN6O2. The second kappa shape index (κ2) is 9.07. The van der Waals surface area contributed by atoms with Crippen molar-refractivity contribution >= 4 is 28.5 Å². The van der Waals surface area contributed by atoms with Crippen molar-refractivity contribution in [2.24, 2.45) is 0 Å². The Morgan fingerprint density at radius 2 is 1.82 bits per heavy atom. The largest absolute Gasteiger partial charge is 0.462 e. The Morgan fingerprint density at radius 1 is 1.00 bits per heavy atom. The molecule has 0 unspecified atom stereocenters. The van der Waals surface area contributed by atoms with Crippen molar-refractivity contribution < 1.29 is 13.9 Å². The summed E-state index contributed by atoms with van der Waals surface area (Å²) >= 11 is 0. The maximum atomic E-state index is 13.2. The van der Waals surface area contributed by atoms with Gasteiger partial charge in [0.2, 0.25) is 0 Å². The van der Waals surface area contributed by atoms with Gasteiger partial charge in [-0.2, -0.15) is 9.78 Å². The number of anilines is 2. The molecule has 0 atom stereocenters. The fraction of sp³-hybridized carbons (Fsp3) is 0.0800. The summed E-state index contributed by atoms with van der Waals surface area (Å²) in [5, 5.41) is 16.9. The highest BCUT2D eigenvalue weighted by Crippen LogP contribution is 2.26. The second-order valence-corrected chi connectivity index (χ2v) is 7.34. The third-order valence-corrected chi connectivity index (χ3v) is 5.12. The number of nitrogens with zero attached hydrogens (tertiary/aromatic N) is 5. The van der Waals surface area contributed by atoms with Crippen LogP contribution in [0.25, 0.3) is 28.0 Å². The first kappa shape index (κ1) is 21.2. The highest BCUT2D eigenvalue weighted by Gasteiger charge is 2.21. The van der Waals surface area contributed by atoms with Crippen LogP contribution in [0, 0.1) is 5.82 Å². The van der Waals surface area contributed by atoms with E-state index in [1.165, 1.54) is 23.0 Å². The molecule has 34 heavy (non-hydrogen) atoms. The van der Waals surface area contributed by atoms with Crippen LogP contribution in [-0.2, 0) is 4.74 Å². The van der Waals surface area contributed by atoms with Crippen molar-refractivity contribution in [2.45, 2.75) is 6.92 Å². The van der Waals surface area contributed by atoms with Crippen molar-refractivity contribution in [1.82, 2.24) is 25.0 Å². The van der Waals surface area contributed by atoms with Crippen molar-refractivity contribution in [3.63, 3.8) is 0 Å². The fourth-order valence-electron chi connectivity index (χ4n) is 3.47. The van der Waals surface area contributed by atoms with E-state index in [1.807, 2.05) is 36.4 Å². The minimum Gasteiger partial charge on any atom is -0.462 e. The van der Waals surface area contributed by atoms with E-state index in [1.54, 1.807) is 31.2 Å². The zero-order valence-electron chi connectivity index (χ0n) is 18.1. The zero-order chi connectivity index (χ0) is 23.5. The van der Waals surface area contributed by atoms with Gasteiger partial charge in [-0.15, -0.1) is 10.2 Å². The summed E-state index contributed by atoms with van der Waals surface area (Å²) in [5.74, 6) is 0.418. The van der Waals surface area contributed by atoms with Gasteiger partial charge in [-0.3, -0.25) is 0 Å². The number of hydrogen-bond donors (Lipinski definition) is 1. The number of hydrogen-bond acceptors (Lipinski definition) is 7. The lowest BCUT2D eigenvalue weighted by atomic mass is 10.1. The molecule has 5 aromatic rings. The monoisotopic (exact) mass is 454 g/mol. The van der Waals surface area contributed by atoms with Crippen LogP contribution >= 0.6 is 0 Å². The number of aromatic nitrogens is 5. The van der Waals surface area contributed by atoms with Gasteiger partial charge >= 0.3 is 5.97 Å². The average Bonchev–Trinajstić information content (AvgIpc) is 3.28. The number of carbonyl (C=O) groups is 1. The zero-order valence-corrected chi connectivity index (χ0v) is 18.1. The lowest BCUT2D eigenvalue weighted by molar-refractivity contribution is 0.0527. The Morgan fingerprint density at radius 3 is 2.59 bits per heavy atom. The number of fused-ring (bicyclic) bond motifs is 1. The molecule has 0 radical (unpaired) electrons. The minimum atomic E-state index is -0.520. The summed E-state index contributed by atoms with van der Waals surface area (Å²) in [6.07, 6.45) is 1.43. The number of nitrogens with one attached hydrogen (secondary N) is 1. The van der Waals surface area contributed by atoms with Crippen LogP contribution < -0.4 is 5.32 Å². The number of para-hydroxylation sites is 1. The van der Waals surface area contributed by atoms with E-state index in [0.29, 0.717) is 23.1 Å². The van der Waals surface area contributed by atoms with E-state index >= 15 is 0 Å². The van der Waals surface area contributed by atoms with Gasteiger partial charge in [0.1, 0.15) is 11.4 Å². The molecule has 0 saturated carbocycles. The molecule has 9 heteroatoms. The van der Waals surface area contributed by atoms with E-state index in [4.69, 9.17) is 4.74 Å². The average molecular weight is 454 g/mol. The molecule has 3 heterocycles. The second-order valence-electron chi connectivity index (χ2n) is 7.34. The molecule has 2 aromatic carbocycles. The molecule has 0 bridgehead atoms. The highest BCUT2D eigenvalue weighted by molar-refractivity contribution is 5.95. The fourth-order valence-corrected chi connectivity index (χ4v) is 3.47. The van der Waals surface area contributed by atoms with Crippen molar-refractivity contribution in [3.8, 4) is 17.1 Å². The summed E-state index contributed by atoms with van der Waals surface area (Å²) in [7, 11) is 0. The van der Waals surface area contributed by atoms with Gasteiger partial charge in [0.25, 0.3) is 0 Å². The van der Waals surface area contributed by atoms with Gasteiger partial charge < -0.3 is 10.1 Å². The number of halogens is 1. The van der Waals surface area contributed by atoms with Crippen LogP contribution in [0.3, 0.4) is 0 Å². The summed E-state index contributed by atoms with van der Waals surface area (Å²) in [4.78, 5) is 17.2. The predicted octanol–water partition coefficient (Wildman–Crippen LogP) is 4.94. The minimum absolute atomic E-state index is 0.226. The van der Waals surface area contributed by atoms with E-state index in [9.17, 15) is 9.18 Å². The quantitative estimate of drug-likeness (QED) is 0.363. The van der Waals surface area contributed by atoms with Crippen LogP contribution in [0.2, 0.25) is 0 Å². The Bertz CT molecular complexity index is 1470. The van der Waals surface area contributed by atoms with Crippen LogP contribution in [0.1, 0.15) is 17.3 Å². The Labute approximate surface area is 194 Å². The van der Waals surface area contributed by atoms with Crippen molar-refractivity contribution in [3.05, 3.63) is 90.4 Å². The van der Waals surface area contributed by atoms with Crippen molar-refractivity contribution in [1.29, 1.82) is 0 Å². The normalized spacial score (nSPS) is 10.9. The van der Waals surface area contributed by atoms with Gasteiger partial charge in [-0.1, -0.05) is 18.2 Å². The van der Waals surface area contributed by atoms with Crippen LogP contribution in [0.15, 0.2) is 79.0 Å². The SMILES string of the molecule is CCOC(=O)c1cnn(-c2ccc3ccccc3n2)c1Nc1ccc(-c2ccc(F)cc2)nn1. The summed E-state index contributed by atoms with van der Waals surface area (Å²) in [6.45, 7) is 1.96. The topological polar surface area (TPSA) is 94.8 Å². The number of ether oxygens (including phenoxy) is 1. The summed E-state index contributed by atoms with van der Waals surface area (Å²) in [5.41, 5.74) is 2.35. The van der Waals surface area contributed by atoms with E-state index in [0.717, 1.165) is 16.5 Å². The maximum absolute atomic E-state index is 13.2. The molecule has 8 nitrogen and oxygen atoms in total. The maximum Gasteiger partial charge on any atom is 0.343 e. The Kier molecular flexibility index (Phi) is 5.65. The lowest BCUT2D eigenvalue weighted by Gasteiger charge is -2.11. The van der Waals surface area contributed by atoms with Crippen LogP contribution in [0.5, 0.6) is 0 Å². The first-order valence-electron chi connectivity index (χ1n) is 10.6. The molecule has 5 rings (SSSR count). The van der Waals surface area contributed by atoms with Crippen molar-refractivity contribution in [2.75, 3.05) is 11.9 Å². The highest BCUT2D eigenvalue weighted by atomic mass is 19.1. The van der Waals surface area contributed by atoms with Gasteiger partial charge in [-0.05, 0) is 61.5 Å². The van der Waals surface area contributed by atoms with E-state index in [2.05, 4.69) is 25.6 Å². The number of carbonyl (C=O) groups excluding carboxylic acids is 1. The van der Waals surface area contributed by atoms with E-state index in [-0.39, 0.29) is 18.0 Å². The first-order chi connectivity index (χ1) is 16.6. The third kappa shape index (κ3) is 4.18. The summed E-state index contributed by atoms with van der Waals surface area (Å²) in [6, 6.07) is 20.9. The van der Waals surface area contributed by atoms with Gasteiger partial charge in [0.05, 0.1) is 24.0 Å². The summed E-state index contributed by atoms with van der Waals surface area (Å²) < 4.78 is 19.9. The number of pyridine rings is 1. The molecule has 0 aliphatic carbocycles.